The van der Waals surface area contributed by atoms with Gasteiger partial charge in [0.05, 0.1) is 5.69 Å². The minimum Gasteiger partial charge on any atom is -0.341 e. The molecule has 1 aromatic carbocycles. The van der Waals surface area contributed by atoms with Crippen LogP contribution in [0.15, 0.2) is 18.2 Å². The zero-order chi connectivity index (χ0) is 16.3. The topological polar surface area (TPSA) is 49.3 Å². The van der Waals surface area contributed by atoms with Gasteiger partial charge in [-0.25, -0.2) is 9.97 Å². The summed E-state index contributed by atoms with van der Waals surface area (Å²) >= 11 is 0. The van der Waals surface area contributed by atoms with Crippen molar-refractivity contribution < 1.29 is 4.79 Å². The predicted octanol–water partition coefficient (Wildman–Crippen LogP) is 2.43. The fourth-order valence-corrected chi connectivity index (χ4v) is 3.91. The highest BCUT2D eigenvalue weighted by Crippen LogP contribution is 2.34. The number of aromatic nitrogens is 2. The van der Waals surface area contributed by atoms with E-state index in [2.05, 4.69) is 17.0 Å². The number of carbonyl (C=O) groups is 1. The average molecular weight is 320 g/mol. The van der Waals surface area contributed by atoms with Crippen LogP contribution in [0.2, 0.25) is 0 Å². The zero-order valence-electron chi connectivity index (χ0n) is 13.9. The summed E-state index contributed by atoms with van der Waals surface area (Å²) in [4.78, 5) is 26.0. The van der Waals surface area contributed by atoms with Gasteiger partial charge >= 0.3 is 0 Å². The third kappa shape index (κ3) is 1.97. The van der Waals surface area contributed by atoms with E-state index in [4.69, 9.17) is 9.97 Å². The van der Waals surface area contributed by atoms with E-state index in [1.54, 1.807) is 4.90 Å². The van der Waals surface area contributed by atoms with Crippen molar-refractivity contribution in [2.24, 2.45) is 0 Å². The van der Waals surface area contributed by atoms with Crippen molar-refractivity contribution in [3.05, 3.63) is 40.6 Å². The van der Waals surface area contributed by atoms with Crippen LogP contribution in [-0.4, -0.2) is 40.9 Å². The quantitative estimate of drug-likeness (QED) is 0.853. The molecule has 1 amide bonds. The number of hydrogen-bond acceptors (Lipinski definition) is 4. The van der Waals surface area contributed by atoms with Gasteiger partial charge in [0.25, 0.3) is 5.91 Å². The second-order valence-electron chi connectivity index (χ2n) is 7.02. The number of rotatable bonds is 2. The molecule has 0 saturated carbocycles. The van der Waals surface area contributed by atoms with Crippen LogP contribution in [0.1, 0.15) is 40.0 Å². The molecule has 24 heavy (non-hydrogen) atoms. The number of benzene rings is 1. The molecule has 0 atom stereocenters. The molecular formula is C19H20N4O. The molecule has 2 aliphatic heterocycles. The van der Waals surface area contributed by atoms with Crippen LogP contribution in [-0.2, 0) is 19.4 Å². The second kappa shape index (κ2) is 5.03. The first-order chi connectivity index (χ1) is 11.7. The first-order valence-electron chi connectivity index (χ1n) is 8.74. The molecule has 3 heterocycles. The van der Waals surface area contributed by atoms with Crippen LogP contribution < -0.4 is 4.90 Å². The summed E-state index contributed by atoms with van der Waals surface area (Å²) in [7, 11) is 1.85. The van der Waals surface area contributed by atoms with Crippen molar-refractivity contribution in [2.45, 2.75) is 32.2 Å². The maximum absolute atomic E-state index is 12.3. The van der Waals surface area contributed by atoms with Gasteiger partial charge < -0.3 is 9.80 Å². The van der Waals surface area contributed by atoms with Gasteiger partial charge in [-0.1, -0.05) is 12.1 Å². The molecule has 0 spiro atoms. The first-order valence-corrected chi connectivity index (χ1v) is 8.74. The van der Waals surface area contributed by atoms with Crippen LogP contribution in [0.25, 0.3) is 11.3 Å². The predicted molar refractivity (Wildman–Crippen MR) is 92.1 cm³/mol. The molecule has 122 valence electrons. The van der Waals surface area contributed by atoms with Gasteiger partial charge in [0, 0.05) is 49.1 Å². The van der Waals surface area contributed by atoms with Crippen LogP contribution in [0, 0.1) is 0 Å². The van der Waals surface area contributed by atoms with Crippen molar-refractivity contribution in [1.29, 1.82) is 0 Å². The summed E-state index contributed by atoms with van der Waals surface area (Å²) in [5.41, 5.74) is 6.50. The number of amides is 1. The molecule has 2 aromatic rings. The van der Waals surface area contributed by atoms with Crippen molar-refractivity contribution in [2.75, 3.05) is 25.0 Å². The molecule has 5 heteroatoms. The van der Waals surface area contributed by atoms with Gasteiger partial charge in [0.2, 0.25) is 5.95 Å². The molecule has 0 bridgehead atoms. The Morgan fingerprint density at radius 3 is 2.75 bits per heavy atom. The third-order valence-electron chi connectivity index (χ3n) is 5.43. The van der Waals surface area contributed by atoms with E-state index < -0.39 is 0 Å². The van der Waals surface area contributed by atoms with Crippen molar-refractivity contribution in [3.63, 3.8) is 0 Å². The lowest BCUT2D eigenvalue weighted by atomic mass is 10.0. The van der Waals surface area contributed by atoms with Gasteiger partial charge in [-0.3, -0.25) is 4.79 Å². The van der Waals surface area contributed by atoms with E-state index in [1.807, 2.05) is 13.1 Å². The molecule has 5 rings (SSSR count). The summed E-state index contributed by atoms with van der Waals surface area (Å²) in [6, 6.07) is 6.23. The number of nitrogens with zero attached hydrogens (tertiary/aromatic N) is 4. The van der Waals surface area contributed by atoms with Crippen molar-refractivity contribution >= 4 is 11.9 Å². The molecule has 1 saturated heterocycles. The van der Waals surface area contributed by atoms with E-state index in [0.29, 0.717) is 6.54 Å². The Balaban J connectivity index is 1.64. The maximum atomic E-state index is 12.3. The molecule has 3 aliphatic rings. The lowest BCUT2D eigenvalue weighted by Crippen LogP contribution is -2.38. The number of hydrogen-bond donors (Lipinski definition) is 0. The van der Waals surface area contributed by atoms with Gasteiger partial charge in [0.15, 0.2) is 0 Å². The molecule has 1 aromatic heterocycles. The van der Waals surface area contributed by atoms with Crippen molar-refractivity contribution in [3.8, 4) is 11.3 Å². The van der Waals surface area contributed by atoms with Gasteiger partial charge in [-0.15, -0.1) is 0 Å². The lowest BCUT2D eigenvalue weighted by Gasteiger charge is -2.31. The number of carbonyl (C=O) groups excluding carboxylic acids is 1. The summed E-state index contributed by atoms with van der Waals surface area (Å²) in [6.07, 6.45) is 4.44. The summed E-state index contributed by atoms with van der Waals surface area (Å²) < 4.78 is 0. The Bertz CT molecular complexity index is 857. The lowest BCUT2D eigenvalue weighted by molar-refractivity contribution is 0.0816. The monoisotopic (exact) mass is 320 g/mol. The summed E-state index contributed by atoms with van der Waals surface area (Å²) in [5.74, 6) is 0.973. The standard InChI is InChI=1S/C19H20N4O/c1-22-11-13-7-6-12(10-15(13)18(22)24)17-14-4-2-5-16(14)20-19(21-17)23-8-3-9-23/h6-7,10H,2-5,8-9,11H2,1H3. The molecular weight excluding hydrogens is 300 g/mol. The van der Waals surface area contributed by atoms with Gasteiger partial charge in [0.1, 0.15) is 0 Å². The Kier molecular flexibility index (Phi) is 2.93. The van der Waals surface area contributed by atoms with Crippen LogP contribution in [0.4, 0.5) is 5.95 Å². The van der Waals surface area contributed by atoms with E-state index in [-0.39, 0.29) is 5.91 Å². The van der Waals surface area contributed by atoms with E-state index in [0.717, 1.165) is 60.7 Å². The van der Waals surface area contributed by atoms with Gasteiger partial charge in [-0.2, -0.15) is 0 Å². The molecule has 0 unspecified atom stereocenters. The Labute approximate surface area is 141 Å². The minimum atomic E-state index is 0.112. The molecule has 5 nitrogen and oxygen atoms in total. The fourth-order valence-electron chi connectivity index (χ4n) is 3.91. The maximum Gasteiger partial charge on any atom is 0.254 e. The van der Waals surface area contributed by atoms with E-state index >= 15 is 0 Å². The highest BCUT2D eigenvalue weighted by Gasteiger charge is 2.28. The molecule has 1 fully saturated rings. The Morgan fingerprint density at radius 2 is 1.96 bits per heavy atom. The number of anilines is 1. The third-order valence-corrected chi connectivity index (χ3v) is 5.43. The first kappa shape index (κ1) is 14.0. The van der Waals surface area contributed by atoms with Crippen LogP contribution in [0.3, 0.4) is 0 Å². The average Bonchev–Trinajstić information content (AvgIpc) is 3.10. The number of aryl methyl sites for hydroxylation is 1. The Hall–Kier alpha value is -2.43. The molecule has 0 radical (unpaired) electrons. The van der Waals surface area contributed by atoms with E-state index in [9.17, 15) is 4.79 Å². The van der Waals surface area contributed by atoms with E-state index in [1.165, 1.54) is 17.7 Å². The SMILES string of the molecule is CN1Cc2ccc(-c3nc(N4CCC4)nc4c3CCC4)cc2C1=O. The van der Waals surface area contributed by atoms with Crippen LogP contribution >= 0.6 is 0 Å². The summed E-state index contributed by atoms with van der Waals surface area (Å²) in [6.45, 7) is 2.80. The second-order valence-corrected chi connectivity index (χ2v) is 7.02. The van der Waals surface area contributed by atoms with Crippen molar-refractivity contribution in [1.82, 2.24) is 14.9 Å². The minimum absolute atomic E-state index is 0.112. The number of fused-ring (bicyclic) bond motifs is 2. The highest BCUT2D eigenvalue weighted by atomic mass is 16.2. The Morgan fingerprint density at radius 1 is 1.08 bits per heavy atom. The van der Waals surface area contributed by atoms with Crippen LogP contribution in [0.5, 0.6) is 0 Å². The fraction of sp³-hybridized carbons (Fsp3) is 0.421. The highest BCUT2D eigenvalue weighted by molar-refractivity contribution is 5.99. The zero-order valence-corrected chi connectivity index (χ0v) is 13.9. The normalized spacial score (nSPS) is 18.6. The molecule has 0 N–H and O–H groups in total. The largest absolute Gasteiger partial charge is 0.341 e. The van der Waals surface area contributed by atoms with Gasteiger partial charge in [-0.05, 0) is 37.3 Å². The smallest absolute Gasteiger partial charge is 0.254 e. The summed E-state index contributed by atoms with van der Waals surface area (Å²) in [5, 5.41) is 0. The molecule has 1 aliphatic carbocycles.